The summed E-state index contributed by atoms with van der Waals surface area (Å²) in [6.45, 7) is 2.38. The molecule has 0 bridgehead atoms. The SMILES string of the molecule is Cl.O=C(c1ccno1)N1C[C@@H]2CNC[C@@H]2[C@H]1c1cccc(F)c1. The van der Waals surface area contributed by atoms with Crippen LogP contribution in [-0.4, -0.2) is 35.6 Å². The minimum atomic E-state index is -0.279. The van der Waals surface area contributed by atoms with E-state index in [4.69, 9.17) is 4.52 Å². The van der Waals surface area contributed by atoms with E-state index in [0.717, 1.165) is 18.7 Å². The van der Waals surface area contributed by atoms with E-state index in [1.165, 1.54) is 18.3 Å². The van der Waals surface area contributed by atoms with Gasteiger partial charge in [0.05, 0.1) is 12.2 Å². The first-order valence-electron chi connectivity index (χ1n) is 7.42. The number of amides is 1. The lowest BCUT2D eigenvalue weighted by atomic mass is 9.89. The first kappa shape index (κ1) is 16.0. The molecule has 1 aromatic carbocycles. The molecule has 2 aliphatic heterocycles. The number of benzene rings is 1. The normalized spacial score (nSPS) is 26.0. The molecule has 7 heteroatoms. The molecule has 1 N–H and O–H groups in total. The van der Waals surface area contributed by atoms with Crippen LogP contribution in [0.15, 0.2) is 41.1 Å². The predicted octanol–water partition coefficient (Wildman–Crippen LogP) is 2.27. The second kappa shape index (κ2) is 6.29. The van der Waals surface area contributed by atoms with Crippen LogP contribution in [0.3, 0.4) is 0 Å². The molecule has 0 unspecified atom stereocenters. The van der Waals surface area contributed by atoms with Crippen molar-refractivity contribution in [3.8, 4) is 0 Å². The molecule has 0 aliphatic carbocycles. The number of hydrogen-bond donors (Lipinski definition) is 1. The fourth-order valence-electron chi connectivity index (χ4n) is 3.71. The van der Waals surface area contributed by atoms with E-state index < -0.39 is 0 Å². The van der Waals surface area contributed by atoms with Gasteiger partial charge < -0.3 is 14.7 Å². The Bertz CT molecular complexity index is 694. The highest BCUT2D eigenvalue weighted by atomic mass is 35.5. The number of fused-ring (bicyclic) bond motifs is 1. The number of carbonyl (C=O) groups is 1. The summed E-state index contributed by atoms with van der Waals surface area (Å²) in [5.74, 6) is 0.461. The van der Waals surface area contributed by atoms with E-state index in [1.807, 2.05) is 6.07 Å². The van der Waals surface area contributed by atoms with Gasteiger partial charge in [-0.15, -0.1) is 12.4 Å². The summed E-state index contributed by atoms with van der Waals surface area (Å²) in [5.41, 5.74) is 0.837. The smallest absolute Gasteiger partial charge is 0.292 e. The maximum atomic E-state index is 13.6. The van der Waals surface area contributed by atoms with E-state index in [9.17, 15) is 9.18 Å². The zero-order valence-corrected chi connectivity index (χ0v) is 13.1. The minimum Gasteiger partial charge on any atom is -0.351 e. The van der Waals surface area contributed by atoms with Gasteiger partial charge in [0.25, 0.3) is 5.91 Å². The molecule has 3 heterocycles. The summed E-state index contributed by atoms with van der Waals surface area (Å²) in [5, 5.41) is 6.97. The molecular formula is C16H17ClFN3O2. The quantitative estimate of drug-likeness (QED) is 0.913. The van der Waals surface area contributed by atoms with Crippen LogP contribution in [0.1, 0.15) is 22.2 Å². The number of hydrogen-bond acceptors (Lipinski definition) is 4. The number of carbonyl (C=O) groups excluding carboxylic acids is 1. The number of halogens is 2. The van der Waals surface area contributed by atoms with Crippen LogP contribution in [-0.2, 0) is 0 Å². The van der Waals surface area contributed by atoms with Gasteiger partial charge in [0, 0.05) is 31.6 Å². The highest BCUT2D eigenvalue weighted by molar-refractivity contribution is 5.91. The standard InChI is InChI=1S/C16H16FN3O2.ClH/c17-12-3-1-2-10(6-12)15-13-8-18-7-11(13)9-20(15)16(21)14-4-5-19-22-14;/h1-6,11,13,15,18H,7-9H2;1H/t11-,13-,15+;/m0./s1. The third-order valence-electron chi connectivity index (χ3n) is 4.66. The predicted molar refractivity (Wildman–Crippen MR) is 83.8 cm³/mol. The highest BCUT2D eigenvalue weighted by Gasteiger charge is 2.47. The third kappa shape index (κ3) is 2.72. The molecule has 0 spiro atoms. The molecule has 0 radical (unpaired) electrons. The Hall–Kier alpha value is -1.92. The topological polar surface area (TPSA) is 58.4 Å². The first-order chi connectivity index (χ1) is 10.7. The van der Waals surface area contributed by atoms with E-state index >= 15 is 0 Å². The van der Waals surface area contributed by atoms with Crippen molar-refractivity contribution >= 4 is 18.3 Å². The molecule has 0 saturated carbocycles. The van der Waals surface area contributed by atoms with Crippen molar-refractivity contribution in [2.75, 3.05) is 19.6 Å². The molecule has 2 aliphatic rings. The Kier molecular flexibility index (Phi) is 4.37. The zero-order chi connectivity index (χ0) is 15.1. The highest BCUT2D eigenvalue weighted by Crippen LogP contribution is 2.43. The van der Waals surface area contributed by atoms with Gasteiger partial charge in [0.15, 0.2) is 0 Å². The van der Waals surface area contributed by atoms with Crippen LogP contribution in [0, 0.1) is 17.7 Å². The van der Waals surface area contributed by atoms with Gasteiger partial charge in [-0.3, -0.25) is 4.79 Å². The lowest BCUT2D eigenvalue weighted by molar-refractivity contribution is 0.0671. The van der Waals surface area contributed by atoms with E-state index in [2.05, 4.69) is 10.5 Å². The van der Waals surface area contributed by atoms with Gasteiger partial charge in [-0.05, 0) is 23.6 Å². The Balaban J connectivity index is 0.00000156. The van der Waals surface area contributed by atoms with Crippen molar-refractivity contribution in [3.05, 3.63) is 53.7 Å². The Labute approximate surface area is 139 Å². The Morgan fingerprint density at radius 1 is 1.35 bits per heavy atom. The number of nitrogens with one attached hydrogen (secondary N) is 1. The van der Waals surface area contributed by atoms with Gasteiger partial charge in [0.1, 0.15) is 5.82 Å². The van der Waals surface area contributed by atoms with Crippen LogP contribution in [0.25, 0.3) is 0 Å². The molecule has 2 aromatic rings. The molecule has 2 fully saturated rings. The van der Waals surface area contributed by atoms with Crippen LogP contribution < -0.4 is 5.32 Å². The second-order valence-electron chi connectivity index (χ2n) is 5.92. The Morgan fingerprint density at radius 3 is 2.96 bits per heavy atom. The van der Waals surface area contributed by atoms with Crippen LogP contribution in [0.2, 0.25) is 0 Å². The fourth-order valence-corrected chi connectivity index (χ4v) is 3.71. The number of rotatable bonds is 2. The van der Waals surface area contributed by atoms with E-state index in [1.54, 1.807) is 17.0 Å². The maximum absolute atomic E-state index is 13.6. The summed E-state index contributed by atoms with van der Waals surface area (Å²) in [6, 6.07) is 7.95. The first-order valence-corrected chi connectivity index (χ1v) is 7.42. The van der Waals surface area contributed by atoms with Crippen molar-refractivity contribution in [1.29, 1.82) is 0 Å². The van der Waals surface area contributed by atoms with Crippen LogP contribution >= 0.6 is 12.4 Å². The molecular weight excluding hydrogens is 321 g/mol. The zero-order valence-electron chi connectivity index (χ0n) is 12.3. The van der Waals surface area contributed by atoms with Crippen LogP contribution in [0.5, 0.6) is 0 Å². The van der Waals surface area contributed by atoms with Gasteiger partial charge in [-0.25, -0.2) is 4.39 Å². The third-order valence-corrected chi connectivity index (χ3v) is 4.66. The van der Waals surface area contributed by atoms with Crippen molar-refractivity contribution in [3.63, 3.8) is 0 Å². The van der Waals surface area contributed by atoms with Gasteiger partial charge in [-0.1, -0.05) is 17.3 Å². The molecule has 122 valence electrons. The summed E-state index contributed by atoms with van der Waals surface area (Å²) < 4.78 is 18.6. The van der Waals surface area contributed by atoms with E-state index in [0.29, 0.717) is 18.4 Å². The fraction of sp³-hybridized carbons (Fsp3) is 0.375. The van der Waals surface area contributed by atoms with Crippen molar-refractivity contribution in [2.24, 2.45) is 11.8 Å². The summed E-state index contributed by atoms with van der Waals surface area (Å²) >= 11 is 0. The maximum Gasteiger partial charge on any atom is 0.292 e. The second-order valence-corrected chi connectivity index (χ2v) is 5.92. The van der Waals surface area contributed by atoms with Gasteiger partial charge in [0.2, 0.25) is 5.76 Å². The van der Waals surface area contributed by atoms with Gasteiger partial charge in [-0.2, -0.15) is 0 Å². The molecule has 2 saturated heterocycles. The largest absolute Gasteiger partial charge is 0.351 e. The molecule has 4 rings (SSSR count). The molecule has 3 atom stereocenters. The summed E-state index contributed by atoms with van der Waals surface area (Å²) in [6.07, 6.45) is 1.46. The lowest BCUT2D eigenvalue weighted by Crippen LogP contribution is -2.34. The van der Waals surface area contributed by atoms with E-state index in [-0.39, 0.29) is 35.9 Å². The van der Waals surface area contributed by atoms with Gasteiger partial charge >= 0.3 is 0 Å². The number of nitrogens with zero attached hydrogens (tertiary/aromatic N) is 2. The lowest BCUT2D eigenvalue weighted by Gasteiger charge is -2.27. The summed E-state index contributed by atoms with van der Waals surface area (Å²) in [7, 11) is 0. The molecule has 1 amide bonds. The number of likely N-dealkylation sites (tertiary alicyclic amines) is 1. The van der Waals surface area contributed by atoms with Crippen molar-refractivity contribution in [1.82, 2.24) is 15.4 Å². The minimum absolute atomic E-state index is 0. The van der Waals surface area contributed by atoms with Crippen molar-refractivity contribution < 1.29 is 13.7 Å². The monoisotopic (exact) mass is 337 g/mol. The Morgan fingerprint density at radius 2 is 2.22 bits per heavy atom. The summed E-state index contributed by atoms with van der Waals surface area (Å²) in [4.78, 5) is 14.5. The molecule has 5 nitrogen and oxygen atoms in total. The number of aromatic nitrogens is 1. The molecule has 23 heavy (non-hydrogen) atoms. The average molecular weight is 338 g/mol. The van der Waals surface area contributed by atoms with Crippen molar-refractivity contribution in [2.45, 2.75) is 6.04 Å². The average Bonchev–Trinajstić information content (AvgIpc) is 3.22. The van der Waals surface area contributed by atoms with Crippen LogP contribution in [0.4, 0.5) is 4.39 Å². The molecule has 1 aromatic heterocycles.